The number of hydrogen-bond acceptors (Lipinski definition) is 7. The zero-order chi connectivity index (χ0) is 28.9. The van der Waals surface area contributed by atoms with Gasteiger partial charge in [0.05, 0.1) is 28.9 Å². The van der Waals surface area contributed by atoms with Crippen LogP contribution in [0.15, 0.2) is 73.3 Å². The molecule has 3 heterocycles. The van der Waals surface area contributed by atoms with E-state index < -0.39 is 5.41 Å². The van der Waals surface area contributed by atoms with Crippen molar-refractivity contribution in [2.45, 2.75) is 27.5 Å². The average Bonchev–Trinajstić information content (AvgIpc) is 3.29. The number of nitriles is 1. The van der Waals surface area contributed by atoms with Crippen molar-refractivity contribution in [2.24, 2.45) is 5.41 Å². The number of carbonyl (C=O) groups excluding carboxylic acids is 2. The predicted octanol–water partition coefficient (Wildman–Crippen LogP) is 5.24. The Bertz CT molecular complexity index is 1620. The zero-order valence-electron chi connectivity index (χ0n) is 23.3. The number of benzene rings is 1. The SMILES string of the molecule is CN(C)CC=CC(=O)Nc1cncc(-c2cnc3c(c2)c(-c2cccc(C#N)c2)cn3COC(=O)C(C)(C)C)c1. The minimum Gasteiger partial charge on any atom is -0.443 e. The molecule has 1 aromatic carbocycles. The highest BCUT2D eigenvalue weighted by Gasteiger charge is 2.23. The number of aromatic nitrogens is 3. The maximum absolute atomic E-state index is 12.4. The molecule has 4 aromatic rings. The fourth-order valence-corrected chi connectivity index (χ4v) is 3.98. The molecule has 0 aliphatic carbocycles. The normalized spacial score (nSPS) is 11.6. The number of nitrogens with zero attached hydrogens (tertiary/aromatic N) is 5. The lowest BCUT2D eigenvalue weighted by molar-refractivity contribution is -0.156. The highest BCUT2D eigenvalue weighted by Crippen LogP contribution is 2.33. The summed E-state index contributed by atoms with van der Waals surface area (Å²) in [5, 5.41) is 13.1. The highest BCUT2D eigenvalue weighted by molar-refractivity contribution is 6.00. The minimum atomic E-state index is -0.636. The first-order chi connectivity index (χ1) is 19.0. The summed E-state index contributed by atoms with van der Waals surface area (Å²) in [6.07, 6.45) is 10.2. The monoisotopic (exact) mass is 536 g/mol. The molecule has 0 unspecified atom stereocenters. The van der Waals surface area contributed by atoms with Gasteiger partial charge in [0.15, 0.2) is 6.73 Å². The van der Waals surface area contributed by atoms with Gasteiger partial charge in [0.25, 0.3) is 0 Å². The Morgan fingerprint density at radius 2 is 1.88 bits per heavy atom. The smallest absolute Gasteiger partial charge is 0.312 e. The molecule has 4 rings (SSSR count). The van der Waals surface area contributed by atoms with E-state index in [0.717, 1.165) is 27.6 Å². The molecule has 0 aliphatic heterocycles. The molecule has 0 fully saturated rings. The summed E-state index contributed by atoms with van der Waals surface area (Å²) in [7, 11) is 3.86. The summed E-state index contributed by atoms with van der Waals surface area (Å²) in [6, 6.07) is 13.3. The fourth-order valence-electron chi connectivity index (χ4n) is 3.98. The molecule has 0 saturated heterocycles. The molecular formula is C31H32N6O3. The molecule has 0 radical (unpaired) electrons. The summed E-state index contributed by atoms with van der Waals surface area (Å²) < 4.78 is 7.36. The van der Waals surface area contributed by atoms with Crippen molar-refractivity contribution in [1.82, 2.24) is 19.4 Å². The first-order valence-corrected chi connectivity index (χ1v) is 12.8. The van der Waals surface area contributed by atoms with Crippen molar-refractivity contribution in [3.63, 3.8) is 0 Å². The van der Waals surface area contributed by atoms with Crippen molar-refractivity contribution >= 4 is 28.6 Å². The van der Waals surface area contributed by atoms with E-state index in [4.69, 9.17) is 9.72 Å². The third-order valence-electron chi connectivity index (χ3n) is 6.04. The molecule has 9 heteroatoms. The van der Waals surface area contributed by atoms with Gasteiger partial charge in [-0.2, -0.15) is 5.26 Å². The molecule has 9 nitrogen and oxygen atoms in total. The third kappa shape index (κ3) is 6.79. The Morgan fingerprint density at radius 1 is 1.10 bits per heavy atom. The first kappa shape index (κ1) is 28.2. The second-order valence-electron chi connectivity index (χ2n) is 10.7. The lowest BCUT2D eigenvalue weighted by Crippen LogP contribution is -2.23. The van der Waals surface area contributed by atoms with Gasteiger partial charge in [-0.3, -0.25) is 19.1 Å². The van der Waals surface area contributed by atoms with Crippen LogP contribution in [0.2, 0.25) is 0 Å². The Morgan fingerprint density at radius 3 is 2.60 bits per heavy atom. The molecule has 0 bridgehead atoms. The van der Waals surface area contributed by atoms with Crippen LogP contribution in [-0.2, 0) is 21.1 Å². The van der Waals surface area contributed by atoms with Gasteiger partial charge in [-0.15, -0.1) is 0 Å². The van der Waals surface area contributed by atoms with Crippen LogP contribution in [0, 0.1) is 16.7 Å². The van der Waals surface area contributed by atoms with E-state index in [1.165, 1.54) is 6.08 Å². The number of anilines is 1. The van der Waals surface area contributed by atoms with Gasteiger partial charge in [0.1, 0.15) is 5.65 Å². The minimum absolute atomic E-state index is 0.00129. The van der Waals surface area contributed by atoms with Crippen LogP contribution in [0.1, 0.15) is 26.3 Å². The van der Waals surface area contributed by atoms with Crippen molar-refractivity contribution < 1.29 is 14.3 Å². The fraction of sp³-hybridized carbons (Fsp3) is 0.258. The first-order valence-electron chi connectivity index (χ1n) is 12.8. The number of pyridine rings is 2. The van der Waals surface area contributed by atoms with Crippen LogP contribution in [0.4, 0.5) is 5.69 Å². The van der Waals surface area contributed by atoms with Crippen molar-refractivity contribution in [3.8, 4) is 28.3 Å². The van der Waals surface area contributed by atoms with Crippen LogP contribution >= 0.6 is 0 Å². The molecule has 0 atom stereocenters. The maximum Gasteiger partial charge on any atom is 0.312 e. The van der Waals surface area contributed by atoms with Crippen LogP contribution < -0.4 is 5.32 Å². The highest BCUT2D eigenvalue weighted by atomic mass is 16.5. The molecule has 1 amide bonds. The summed E-state index contributed by atoms with van der Waals surface area (Å²) in [6.45, 7) is 6.07. The Kier molecular flexibility index (Phi) is 8.41. The summed E-state index contributed by atoms with van der Waals surface area (Å²) in [5.41, 5.74) is 4.34. The van der Waals surface area contributed by atoms with Gasteiger partial charge in [0.2, 0.25) is 5.91 Å². The van der Waals surface area contributed by atoms with Gasteiger partial charge < -0.3 is 15.0 Å². The maximum atomic E-state index is 12.4. The van der Waals surface area contributed by atoms with Gasteiger partial charge in [-0.1, -0.05) is 18.2 Å². The van der Waals surface area contributed by atoms with Crippen LogP contribution in [-0.4, -0.2) is 52.0 Å². The third-order valence-corrected chi connectivity index (χ3v) is 6.04. The number of rotatable bonds is 8. The molecule has 0 aliphatic rings. The molecule has 0 saturated carbocycles. The molecule has 0 spiro atoms. The Labute approximate surface area is 233 Å². The van der Waals surface area contributed by atoms with Gasteiger partial charge in [0, 0.05) is 53.3 Å². The van der Waals surface area contributed by atoms with E-state index in [1.807, 2.05) is 55.5 Å². The van der Waals surface area contributed by atoms with Gasteiger partial charge in [-0.05, 0) is 64.7 Å². The number of nitrogens with one attached hydrogen (secondary N) is 1. The van der Waals surface area contributed by atoms with Crippen LogP contribution in [0.5, 0.6) is 0 Å². The second-order valence-corrected chi connectivity index (χ2v) is 10.7. The second kappa shape index (κ2) is 11.9. The van der Waals surface area contributed by atoms with E-state index in [1.54, 1.807) is 56.1 Å². The molecule has 204 valence electrons. The van der Waals surface area contributed by atoms with Crippen LogP contribution in [0.25, 0.3) is 33.3 Å². The quantitative estimate of drug-likeness (QED) is 0.242. The number of amides is 1. The van der Waals surface area contributed by atoms with Crippen molar-refractivity contribution in [2.75, 3.05) is 26.0 Å². The lowest BCUT2D eigenvalue weighted by Gasteiger charge is -2.17. The molecular weight excluding hydrogens is 504 g/mol. The summed E-state index contributed by atoms with van der Waals surface area (Å²) >= 11 is 0. The van der Waals surface area contributed by atoms with Crippen molar-refractivity contribution in [1.29, 1.82) is 5.26 Å². The summed E-state index contributed by atoms with van der Waals surface area (Å²) in [4.78, 5) is 35.7. The number of carbonyl (C=O) groups is 2. The number of esters is 1. The molecule has 40 heavy (non-hydrogen) atoms. The van der Waals surface area contributed by atoms with E-state index in [-0.39, 0.29) is 18.6 Å². The topological polar surface area (TPSA) is 113 Å². The molecule has 3 aromatic heterocycles. The Balaban J connectivity index is 1.71. The van der Waals surface area contributed by atoms with Crippen molar-refractivity contribution in [3.05, 3.63) is 78.9 Å². The van der Waals surface area contributed by atoms with E-state index in [9.17, 15) is 14.9 Å². The van der Waals surface area contributed by atoms with E-state index in [0.29, 0.717) is 23.4 Å². The standard InChI is InChI=1S/C31H32N6O3/c1-31(2,3)30(39)40-20-37-19-27(22-9-6-8-21(12-22)15-32)26-14-24(17-34-29(26)37)23-13-25(18-33-16-23)35-28(38)10-7-11-36(4)5/h6-10,12-14,16-19H,11,20H2,1-5H3,(H,35,38). The number of likely N-dealkylation sites (N-methyl/N-ethyl adjacent to an activating group) is 1. The van der Waals surface area contributed by atoms with Gasteiger partial charge in [-0.25, -0.2) is 4.98 Å². The van der Waals surface area contributed by atoms with Gasteiger partial charge >= 0.3 is 5.97 Å². The van der Waals surface area contributed by atoms with Crippen LogP contribution in [0.3, 0.4) is 0 Å². The largest absolute Gasteiger partial charge is 0.443 e. The predicted molar refractivity (Wildman–Crippen MR) is 155 cm³/mol. The summed E-state index contributed by atoms with van der Waals surface area (Å²) in [5.74, 6) is -0.559. The van der Waals surface area contributed by atoms with E-state index in [2.05, 4.69) is 16.4 Å². The molecule has 1 N–H and O–H groups in total. The number of hydrogen-bond donors (Lipinski definition) is 1. The van der Waals surface area contributed by atoms with E-state index >= 15 is 0 Å². The zero-order valence-corrected chi connectivity index (χ0v) is 23.3. The number of fused-ring (bicyclic) bond motifs is 1. The average molecular weight is 537 g/mol. The lowest BCUT2D eigenvalue weighted by atomic mass is 9.98. The Hall–Kier alpha value is -4.81. The number of ether oxygens (including phenoxy) is 1.